The van der Waals surface area contributed by atoms with Crippen LogP contribution in [0.1, 0.15) is 33.1 Å². The molecular formula is C15H23N3O8S. The van der Waals surface area contributed by atoms with E-state index < -0.39 is 48.3 Å². The molecule has 152 valence electrons. The Morgan fingerprint density at radius 1 is 1.15 bits per heavy atom. The lowest BCUT2D eigenvalue weighted by Gasteiger charge is -2.24. The Balaban J connectivity index is 5.18. The quantitative estimate of drug-likeness (QED) is 0.325. The molecule has 3 amide bonds. The molecule has 2 unspecified atom stereocenters. The zero-order valence-corrected chi connectivity index (χ0v) is 15.8. The van der Waals surface area contributed by atoms with E-state index in [0.29, 0.717) is 4.90 Å². The van der Waals surface area contributed by atoms with Gasteiger partial charge < -0.3 is 21.3 Å². The molecule has 0 aromatic heterocycles. The van der Waals surface area contributed by atoms with E-state index in [4.69, 9.17) is 15.9 Å². The van der Waals surface area contributed by atoms with Crippen molar-refractivity contribution in [2.75, 3.05) is 12.3 Å². The van der Waals surface area contributed by atoms with Crippen LogP contribution in [0.5, 0.6) is 0 Å². The van der Waals surface area contributed by atoms with E-state index >= 15 is 0 Å². The number of hydrogen-bond donors (Lipinski definition) is 4. The van der Waals surface area contributed by atoms with Gasteiger partial charge in [0.2, 0.25) is 11.8 Å². The summed E-state index contributed by atoms with van der Waals surface area (Å²) < 4.78 is 0. The minimum atomic E-state index is -1.42. The number of aliphatic carboxylic acids is 2. The van der Waals surface area contributed by atoms with Crippen molar-refractivity contribution in [1.29, 1.82) is 0 Å². The van der Waals surface area contributed by atoms with Gasteiger partial charge in [-0.25, -0.2) is 0 Å². The van der Waals surface area contributed by atoms with Gasteiger partial charge >= 0.3 is 11.9 Å². The maximum atomic E-state index is 12.5. The van der Waals surface area contributed by atoms with E-state index in [1.807, 2.05) is 0 Å². The third-order valence-corrected chi connectivity index (χ3v) is 4.38. The van der Waals surface area contributed by atoms with Gasteiger partial charge in [-0.2, -0.15) is 0 Å². The van der Waals surface area contributed by atoms with Gasteiger partial charge in [-0.05, 0) is 6.42 Å². The number of hydrogen-bond acceptors (Lipinski definition) is 8. The van der Waals surface area contributed by atoms with Crippen molar-refractivity contribution >= 4 is 46.5 Å². The van der Waals surface area contributed by atoms with E-state index in [0.717, 1.165) is 18.7 Å². The largest absolute Gasteiger partial charge is 0.480 e. The Morgan fingerprint density at radius 2 is 1.74 bits per heavy atom. The number of imide groups is 1. The highest BCUT2D eigenvalue weighted by Gasteiger charge is 2.30. The number of carboxylic acid groups (broad SMARTS) is 2. The predicted octanol–water partition coefficient (Wildman–Crippen LogP) is -1.21. The summed E-state index contributed by atoms with van der Waals surface area (Å²) in [6, 6.07) is -2.59. The van der Waals surface area contributed by atoms with Crippen molar-refractivity contribution in [3.8, 4) is 0 Å². The first-order valence-electron chi connectivity index (χ1n) is 7.96. The standard InChI is InChI=1S/C15H23N3O8S/c1-3-13(23)27-7-10(14(24)18(8(2)19)6-12(21)22)17-11(20)5-4-9(16)15(25)26/h9-10H,3-7,16H2,1-2H3,(H,17,20)(H,21,22)(H,25,26). The van der Waals surface area contributed by atoms with Gasteiger partial charge in [0.1, 0.15) is 18.6 Å². The van der Waals surface area contributed by atoms with E-state index in [9.17, 15) is 28.8 Å². The molecule has 0 aliphatic rings. The van der Waals surface area contributed by atoms with Gasteiger partial charge in [0.25, 0.3) is 5.91 Å². The molecule has 11 nitrogen and oxygen atoms in total. The predicted molar refractivity (Wildman–Crippen MR) is 94.6 cm³/mol. The van der Waals surface area contributed by atoms with Crippen molar-refractivity contribution in [2.24, 2.45) is 5.73 Å². The summed E-state index contributed by atoms with van der Waals surface area (Å²) in [6.45, 7) is 1.71. The second-order valence-electron chi connectivity index (χ2n) is 5.48. The molecule has 0 bridgehead atoms. The summed E-state index contributed by atoms with van der Waals surface area (Å²) in [5.74, 6) is -5.44. The first kappa shape index (κ1) is 24.5. The van der Waals surface area contributed by atoms with Gasteiger partial charge in [0, 0.05) is 25.5 Å². The second-order valence-corrected chi connectivity index (χ2v) is 6.55. The highest BCUT2D eigenvalue weighted by atomic mass is 32.2. The van der Waals surface area contributed by atoms with Crippen LogP contribution in [-0.2, 0) is 28.8 Å². The van der Waals surface area contributed by atoms with Crippen LogP contribution in [0.4, 0.5) is 0 Å². The fourth-order valence-electron chi connectivity index (χ4n) is 1.80. The van der Waals surface area contributed by atoms with Crippen LogP contribution in [0, 0.1) is 0 Å². The van der Waals surface area contributed by atoms with E-state index in [1.165, 1.54) is 0 Å². The Bertz CT molecular complexity index is 610. The summed E-state index contributed by atoms with van der Waals surface area (Å²) in [7, 11) is 0. The number of nitrogens with two attached hydrogens (primary N) is 1. The van der Waals surface area contributed by atoms with Crippen LogP contribution in [0.2, 0.25) is 0 Å². The highest BCUT2D eigenvalue weighted by molar-refractivity contribution is 8.13. The average molecular weight is 405 g/mol. The van der Waals surface area contributed by atoms with Gasteiger partial charge in [-0.1, -0.05) is 18.7 Å². The molecule has 0 aromatic carbocycles. The van der Waals surface area contributed by atoms with Crippen molar-refractivity contribution in [3.05, 3.63) is 0 Å². The third kappa shape index (κ3) is 9.70. The first-order valence-corrected chi connectivity index (χ1v) is 8.95. The maximum absolute atomic E-state index is 12.5. The summed E-state index contributed by atoms with van der Waals surface area (Å²) in [6.07, 6.45) is -0.310. The molecular weight excluding hydrogens is 382 g/mol. The summed E-state index contributed by atoms with van der Waals surface area (Å²) in [5.41, 5.74) is 5.30. The molecule has 0 heterocycles. The maximum Gasteiger partial charge on any atom is 0.323 e. The van der Waals surface area contributed by atoms with Crippen molar-refractivity contribution in [3.63, 3.8) is 0 Å². The lowest BCUT2D eigenvalue weighted by Crippen LogP contribution is -2.52. The Kier molecular flexibility index (Phi) is 10.9. The van der Waals surface area contributed by atoms with Crippen LogP contribution in [-0.4, -0.2) is 74.3 Å². The highest BCUT2D eigenvalue weighted by Crippen LogP contribution is 2.10. The molecule has 0 aliphatic carbocycles. The van der Waals surface area contributed by atoms with Crippen LogP contribution in [0.3, 0.4) is 0 Å². The summed E-state index contributed by atoms with van der Waals surface area (Å²) in [4.78, 5) is 69.5. The molecule has 0 saturated heterocycles. The van der Waals surface area contributed by atoms with Crippen molar-refractivity contribution < 1.29 is 39.0 Å². The molecule has 0 fully saturated rings. The van der Waals surface area contributed by atoms with E-state index in [2.05, 4.69) is 5.32 Å². The number of amides is 3. The number of thioether (sulfide) groups is 1. The molecule has 0 aliphatic heterocycles. The molecule has 0 spiro atoms. The zero-order valence-electron chi connectivity index (χ0n) is 15.0. The van der Waals surface area contributed by atoms with Crippen LogP contribution >= 0.6 is 11.8 Å². The SMILES string of the molecule is CCC(=O)SCC(NC(=O)CCC(N)C(=O)O)C(=O)N(CC(=O)O)C(C)=O. The minimum absolute atomic E-state index is 0.179. The zero-order chi connectivity index (χ0) is 21.1. The Hall–Kier alpha value is -2.47. The Morgan fingerprint density at radius 3 is 2.19 bits per heavy atom. The summed E-state index contributed by atoms with van der Waals surface area (Å²) >= 11 is 0.753. The molecule has 5 N–H and O–H groups in total. The molecule has 0 radical (unpaired) electrons. The number of rotatable bonds is 11. The van der Waals surface area contributed by atoms with E-state index in [-0.39, 0.29) is 30.1 Å². The molecule has 12 heteroatoms. The topological polar surface area (TPSA) is 184 Å². The van der Waals surface area contributed by atoms with Gasteiger partial charge in [-0.3, -0.25) is 33.7 Å². The molecule has 2 atom stereocenters. The van der Waals surface area contributed by atoms with Crippen molar-refractivity contribution in [1.82, 2.24) is 10.2 Å². The molecule has 0 rings (SSSR count). The molecule has 27 heavy (non-hydrogen) atoms. The lowest BCUT2D eigenvalue weighted by atomic mass is 10.1. The van der Waals surface area contributed by atoms with E-state index in [1.54, 1.807) is 6.92 Å². The van der Waals surface area contributed by atoms with Gasteiger partial charge in [-0.15, -0.1) is 0 Å². The van der Waals surface area contributed by atoms with Crippen LogP contribution in [0.15, 0.2) is 0 Å². The fourth-order valence-corrected chi connectivity index (χ4v) is 2.58. The smallest absolute Gasteiger partial charge is 0.323 e. The average Bonchev–Trinajstić information content (AvgIpc) is 2.59. The third-order valence-electron chi connectivity index (χ3n) is 3.27. The number of nitrogens with one attached hydrogen (secondary N) is 1. The lowest BCUT2D eigenvalue weighted by molar-refractivity contribution is -0.152. The number of carbonyl (C=O) groups excluding carboxylic acids is 4. The van der Waals surface area contributed by atoms with Crippen LogP contribution < -0.4 is 11.1 Å². The normalized spacial score (nSPS) is 12.6. The first-order chi connectivity index (χ1) is 12.5. The number of carboxylic acids is 2. The number of nitrogens with zero attached hydrogens (tertiary/aromatic N) is 1. The minimum Gasteiger partial charge on any atom is -0.480 e. The van der Waals surface area contributed by atoms with Gasteiger partial charge in [0.05, 0.1) is 0 Å². The summed E-state index contributed by atoms with van der Waals surface area (Å²) in [5, 5.41) is 19.6. The monoisotopic (exact) mass is 405 g/mol. The van der Waals surface area contributed by atoms with Gasteiger partial charge in [0.15, 0.2) is 5.12 Å². The second kappa shape index (κ2) is 12.0. The van der Waals surface area contributed by atoms with Crippen molar-refractivity contribution in [2.45, 2.75) is 45.2 Å². The molecule has 0 saturated carbocycles. The van der Waals surface area contributed by atoms with Crippen LogP contribution in [0.25, 0.3) is 0 Å². The Labute approximate surface area is 159 Å². The fraction of sp³-hybridized carbons (Fsp3) is 0.600. The molecule has 0 aromatic rings. The number of carbonyl (C=O) groups is 6.